The molecular weight excluding hydrogens is 408 g/mol. The van der Waals surface area contributed by atoms with Crippen molar-refractivity contribution in [2.24, 2.45) is 5.92 Å². The Morgan fingerprint density at radius 3 is 2.94 bits per heavy atom. The molecule has 2 aromatic heterocycles. The van der Waals surface area contributed by atoms with Gasteiger partial charge < -0.3 is 20.5 Å². The van der Waals surface area contributed by atoms with Crippen LogP contribution in [0.25, 0.3) is 0 Å². The van der Waals surface area contributed by atoms with E-state index >= 15 is 0 Å². The van der Waals surface area contributed by atoms with Gasteiger partial charge in [-0.2, -0.15) is 0 Å². The van der Waals surface area contributed by atoms with E-state index < -0.39 is 17.9 Å². The molecule has 0 bridgehead atoms. The number of nitrogens with one attached hydrogen (secondary N) is 2. The van der Waals surface area contributed by atoms with E-state index in [-0.39, 0.29) is 12.5 Å². The van der Waals surface area contributed by atoms with E-state index in [1.54, 1.807) is 18.3 Å². The number of pyridine rings is 2. The monoisotopic (exact) mass is 438 g/mol. The molecule has 1 amide bonds. The first-order chi connectivity index (χ1) is 15.6. The van der Waals surface area contributed by atoms with Gasteiger partial charge in [0.05, 0.1) is 11.7 Å². The number of aromatic nitrogens is 2. The zero-order chi connectivity index (χ0) is 22.3. The van der Waals surface area contributed by atoms with Crippen LogP contribution < -0.4 is 10.6 Å². The zero-order valence-electron chi connectivity index (χ0n) is 18.1. The molecule has 3 N–H and O–H groups in total. The van der Waals surface area contributed by atoms with Gasteiger partial charge in [-0.3, -0.25) is 9.78 Å². The molecule has 1 fully saturated rings. The number of rotatable bonds is 10. The SMILES string of the molecule is O=C(NC(CCO[C@H]1C[C@H](CCc2ccc3c(n2)NCCC3)C1)C(=O)O)c1cccnc1. The molecule has 1 aliphatic heterocycles. The first kappa shape index (κ1) is 22.2. The molecule has 1 aliphatic carbocycles. The molecule has 3 heterocycles. The molecule has 32 heavy (non-hydrogen) atoms. The maximum absolute atomic E-state index is 12.2. The van der Waals surface area contributed by atoms with Gasteiger partial charge >= 0.3 is 5.97 Å². The summed E-state index contributed by atoms with van der Waals surface area (Å²) >= 11 is 0. The number of fused-ring (bicyclic) bond motifs is 1. The first-order valence-electron chi connectivity index (χ1n) is 11.4. The number of carboxylic acid groups (broad SMARTS) is 1. The van der Waals surface area contributed by atoms with Gasteiger partial charge in [-0.1, -0.05) is 6.07 Å². The summed E-state index contributed by atoms with van der Waals surface area (Å²) in [5.74, 6) is 0.156. The molecular formula is C24H30N4O4. The van der Waals surface area contributed by atoms with Crippen molar-refractivity contribution in [2.45, 2.75) is 57.1 Å². The first-order valence-corrected chi connectivity index (χ1v) is 11.4. The molecule has 0 saturated heterocycles. The van der Waals surface area contributed by atoms with Gasteiger partial charge in [-0.05, 0) is 68.2 Å². The molecule has 2 aliphatic rings. The molecule has 1 atom stereocenters. The van der Waals surface area contributed by atoms with Gasteiger partial charge in [0.25, 0.3) is 5.91 Å². The van der Waals surface area contributed by atoms with Crippen LogP contribution in [0.2, 0.25) is 0 Å². The van der Waals surface area contributed by atoms with E-state index in [0.717, 1.165) is 50.2 Å². The number of hydrogen-bond donors (Lipinski definition) is 3. The Hall–Kier alpha value is -3.00. The molecule has 170 valence electrons. The second kappa shape index (κ2) is 10.5. The minimum Gasteiger partial charge on any atom is -0.480 e. The van der Waals surface area contributed by atoms with Gasteiger partial charge in [-0.25, -0.2) is 9.78 Å². The lowest BCUT2D eigenvalue weighted by molar-refractivity contribution is -0.140. The Kier molecular flexibility index (Phi) is 7.32. The predicted molar refractivity (Wildman–Crippen MR) is 120 cm³/mol. The molecule has 1 unspecified atom stereocenters. The Bertz CT molecular complexity index is 931. The molecule has 0 radical (unpaired) electrons. The van der Waals surface area contributed by atoms with Crippen LogP contribution in [0.4, 0.5) is 5.82 Å². The summed E-state index contributed by atoms with van der Waals surface area (Å²) in [5, 5.41) is 15.3. The van der Waals surface area contributed by atoms with E-state index in [2.05, 4.69) is 27.8 Å². The number of aryl methyl sites for hydroxylation is 2. The summed E-state index contributed by atoms with van der Waals surface area (Å²) in [6.45, 7) is 1.31. The maximum atomic E-state index is 12.2. The van der Waals surface area contributed by atoms with Crippen LogP contribution >= 0.6 is 0 Å². The molecule has 8 nitrogen and oxygen atoms in total. The minimum absolute atomic E-state index is 0.168. The number of amides is 1. The smallest absolute Gasteiger partial charge is 0.326 e. The highest BCUT2D eigenvalue weighted by molar-refractivity contribution is 5.96. The lowest BCUT2D eigenvalue weighted by atomic mass is 9.79. The largest absolute Gasteiger partial charge is 0.480 e. The van der Waals surface area contributed by atoms with Crippen LogP contribution in [0.15, 0.2) is 36.7 Å². The summed E-state index contributed by atoms with van der Waals surface area (Å²) in [5.41, 5.74) is 2.79. The molecule has 2 aromatic rings. The maximum Gasteiger partial charge on any atom is 0.326 e. The van der Waals surface area contributed by atoms with Gasteiger partial charge in [-0.15, -0.1) is 0 Å². The van der Waals surface area contributed by atoms with Crippen LogP contribution in [-0.2, 0) is 22.4 Å². The molecule has 1 saturated carbocycles. The third-order valence-electron chi connectivity index (χ3n) is 6.24. The highest BCUT2D eigenvalue weighted by Crippen LogP contribution is 2.34. The third-order valence-corrected chi connectivity index (χ3v) is 6.24. The van der Waals surface area contributed by atoms with E-state index in [0.29, 0.717) is 18.1 Å². The van der Waals surface area contributed by atoms with Crippen molar-refractivity contribution in [3.63, 3.8) is 0 Å². The van der Waals surface area contributed by atoms with Crippen LogP contribution in [0.5, 0.6) is 0 Å². The number of ether oxygens (including phenoxy) is 1. The van der Waals surface area contributed by atoms with Crippen molar-refractivity contribution in [1.29, 1.82) is 0 Å². The lowest BCUT2D eigenvalue weighted by Crippen LogP contribution is -2.42. The van der Waals surface area contributed by atoms with E-state index in [9.17, 15) is 14.7 Å². The molecule has 0 spiro atoms. The number of anilines is 1. The summed E-state index contributed by atoms with van der Waals surface area (Å²) in [6.07, 6.45) is 9.68. The highest BCUT2D eigenvalue weighted by Gasteiger charge is 2.30. The van der Waals surface area contributed by atoms with Crippen LogP contribution in [0.1, 0.15) is 53.7 Å². The fourth-order valence-corrected chi connectivity index (χ4v) is 4.25. The van der Waals surface area contributed by atoms with E-state index in [4.69, 9.17) is 9.72 Å². The average molecular weight is 439 g/mol. The summed E-state index contributed by atoms with van der Waals surface area (Å²) in [6, 6.07) is 6.59. The number of aliphatic carboxylic acids is 1. The fourth-order valence-electron chi connectivity index (χ4n) is 4.25. The van der Waals surface area contributed by atoms with Crippen molar-refractivity contribution < 1.29 is 19.4 Å². The number of hydrogen-bond acceptors (Lipinski definition) is 6. The number of carbonyl (C=O) groups excluding carboxylic acids is 1. The van der Waals surface area contributed by atoms with Crippen molar-refractivity contribution in [3.8, 4) is 0 Å². The standard InChI is InChI=1S/C24H30N4O4/c29-23(18-4-1-10-25-15-18)28-21(24(30)31)9-12-32-20-13-16(14-20)5-7-19-8-6-17-3-2-11-26-22(17)27-19/h1,4,6,8,10,15-16,20-21H,2-3,5,7,9,11-14H2,(H,26,27)(H,28,29)(H,30,31)/t16-,20-,21?. The zero-order valence-corrected chi connectivity index (χ0v) is 18.1. The van der Waals surface area contributed by atoms with Gasteiger partial charge in [0.1, 0.15) is 11.9 Å². The number of nitrogens with zero attached hydrogens (tertiary/aromatic N) is 2. The third kappa shape index (κ3) is 5.82. The van der Waals surface area contributed by atoms with Crippen LogP contribution in [-0.4, -0.2) is 52.2 Å². The lowest BCUT2D eigenvalue weighted by Gasteiger charge is -2.35. The topological polar surface area (TPSA) is 113 Å². The number of carboxylic acids is 1. The second-order valence-electron chi connectivity index (χ2n) is 8.60. The van der Waals surface area contributed by atoms with Gasteiger partial charge in [0.2, 0.25) is 0 Å². The highest BCUT2D eigenvalue weighted by atomic mass is 16.5. The van der Waals surface area contributed by atoms with Crippen molar-refractivity contribution >= 4 is 17.7 Å². The minimum atomic E-state index is -1.07. The molecule has 4 rings (SSSR count). The summed E-state index contributed by atoms with van der Waals surface area (Å²) in [4.78, 5) is 32.3. The van der Waals surface area contributed by atoms with Crippen molar-refractivity contribution in [1.82, 2.24) is 15.3 Å². The Morgan fingerprint density at radius 2 is 2.16 bits per heavy atom. The Labute approximate surface area is 187 Å². The number of carbonyl (C=O) groups is 2. The molecule has 0 aromatic carbocycles. The Balaban J connectivity index is 1.14. The normalized spacial score (nSPS) is 20.4. The summed E-state index contributed by atoms with van der Waals surface area (Å²) in [7, 11) is 0. The fraction of sp³-hybridized carbons (Fsp3) is 0.500. The quantitative estimate of drug-likeness (QED) is 0.523. The van der Waals surface area contributed by atoms with E-state index in [1.165, 1.54) is 18.2 Å². The molecule has 8 heteroatoms. The average Bonchev–Trinajstić information content (AvgIpc) is 2.79. The van der Waals surface area contributed by atoms with Crippen LogP contribution in [0, 0.1) is 5.92 Å². The van der Waals surface area contributed by atoms with Crippen molar-refractivity contribution in [2.75, 3.05) is 18.5 Å². The second-order valence-corrected chi connectivity index (χ2v) is 8.60. The van der Waals surface area contributed by atoms with E-state index in [1.807, 2.05) is 0 Å². The van der Waals surface area contributed by atoms with Gasteiger partial charge in [0.15, 0.2) is 0 Å². The van der Waals surface area contributed by atoms with Crippen molar-refractivity contribution in [3.05, 3.63) is 53.5 Å². The predicted octanol–water partition coefficient (Wildman–Crippen LogP) is 2.84. The van der Waals surface area contributed by atoms with Crippen LogP contribution in [0.3, 0.4) is 0 Å². The van der Waals surface area contributed by atoms with Gasteiger partial charge in [0, 0.05) is 37.7 Å². The Morgan fingerprint density at radius 1 is 1.28 bits per heavy atom. The summed E-state index contributed by atoms with van der Waals surface area (Å²) < 4.78 is 5.85.